The Morgan fingerprint density at radius 1 is 1.00 bits per heavy atom. The number of hydrogen-bond acceptors (Lipinski definition) is 3. The van der Waals surface area contributed by atoms with Crippen LogP contribution in [0.5, 0.6) is 0 Å². The van der Waals surface area contributed by atoms with Crippen LogP contribution >= 0.6 is 0 Å². The molecule has 3 aromatic carbocycles. The Bertz CT molecular complexity index is 1370. The molecule has 1 heterocycles. The molecule has 2 N–H and O–H groups in total. The molecule has 168 valence electrons. The van der Waals surface area contributed by atoms with Crippen LogP contribution in [-0.2, 0) is 6.18 Å². The summed E-state index contributed by atoms with van der Waals surface area (Å²) < 4.78 is 54.2. The minimum Gasteiger partial charge on any atom is -0.478 e. The van der Waals surface area contributed by atoms with Gasteiger partial charge in [-0.1, -0.05) is 24.3 Å². The number of carboxylic acid groups (broad SMARTS) is 1. The molecular weight excluding hydrogens is 436 g/mol. The van der Waals surface area contributed by atoms with Crippen LogP contribution in [-0.4, -0.2) is 22.6 Å². The lowest BCUT2D eigenvalue weighted by atomic mass is 9.99. The number of benzene rings is 3. The third-order valence-corrected chi connectivity index (χ3v) is 5.19. The van der Waals surface area contributed by atoms with E-state index in [4.69, 9.17) is 0 Å². The smallest absolute Gasteiger partial charge is 0.416 e. The minimum atomic E-state index is -4.62. The lowest BCUT2D eigenvalue weighted by Gasteiger charge is -2.12. The van der Waals surface area contributed by atoms with Crippen molar-refractivity contribution in [3.63, 3.8) is 0 Å². The van der Waals surface area contributed by atoms with Crippen molar-refractivity contribution < 1.29 is 27.5 Å². The van der Waals surface area contributed by atoms with Crippen molar-refractivity contribution in [3.05, 3.63) is 83.7 Å². The van der Waals surface area contributed by atoms with Crippen molar-refractivity contribution in [3.8, 4) is 22.4 Å². The monoisotopic (exact) mass is 454 g/mol. The maximum atomic E-state index is 15.0. The van der Waals surface area contributed by atoms with E-state index < -0.39 is 23.5 Å². The molecule has 0 atom stereocenters. The number of anilines is 1. The summed E-state index contributed by atoms with van der Waals surface area (Å²) in [7, 11) is 0. The maximum absolute atomic E-state index is 15.0. The Morgan fingerprint density at radius 3 is 2.45 bits per heavy atom. The van der Waals surface area contributed by atoms with E-state index >= 15 is 4.39 Å². The van der Waals surface area contributed by atoms with Crippen LogP contribution in [0, 0.1) is 5.82 Å². The number of carbonyl (C=O) groups is 1. The van der Waals surface area contributed by atoms with Crippen LogP contribution in [0.15, 0.2) is 66.7 Å². The van der Waals surface area contributed by atoms with Gasteiger partial charge in [0.05, 0.1) is 22.3 Å². The maximum Gasteiger partial charge on any atom is 0.416 e. The van der Waals surface area contributed by atoms with E-state index in [-0.39, 0.29) is 22.2 Å². The molecule has 0 amide bonds. The predicted molar refractivity (Wildman–Crippen MR) is 119 cm³/mol. The fourth-order valence-electron chi connectivity index (χ4n) is 3.64. The van der Waals surface area contributed by atoms with Crippen molar-refractivity contribution in [1.29, 1.82) is 0 Å². The van der Waals surface area contributed by atoms with E-state index in [1.54, 1.807) is 24.3 Å². The fourth-order valence-corrected chi connectivity index (χ4v) is 3.64. The van der Waals surface area contributed by atoms with Gasteiger partial charge in [0.1, 0.15) is 5.82 Å². The zero-order valence-electron chi connectivity index (χ0n) is 17.4. The summed E-state index contributed by atoms with van der Waals surface area (Å²) in [4.78, 5) is 16.0. The largest absolute Gasteiger partial charge is 0.478 e. The van der Waals surface area contributed by atoms with Crippen molar-refractivity contribution in [2.75, 3.05) is 11.9 Å². The van der Waals surface area contributed by atoms with E-state index in [2.05, 4.69) is 10.3 Å². The molecule has 1 aromatic heterocycles. The van der Waals surface area contributed by atoms with Gasteiger partial charge in [0.15, 0.2) is 0 Å². The van der Waals surface area contributed by atoms with Gasteiger partial charge in [0, 0.05) is 28.7 Å². The van der Waals surface area contributed by atoms with Gasteiger partial charge in [-0.05, 0) is 55.0 Å². The van der Waals surface area contributed by atoms with Crippen molar-refractivity contribution in [1.82, 2.24) is 4.98 Å². The second-order valence-electron chi connectivity index (χ2n) is 7.40. The second-order valence-corrected chi connectivity index (χ2v) is 7.40. The number of rotatable bonds is 5. The van der Waals surface area contributed by atoms with Gasteiger partial charge in [0.2, 0.25) is 0 Å². The average Bonchev–Trinajstić information content (AvgIpc) is 2.77. The Kier molecular flexibility index (Phi) is 5.76. The number of halogens is 4. The average molecular weight is 454 g/mol. The van der Waals surface area contributed by atoms with Crippen LogP contribution in [0.25, 0.3) is 33.3 Å². The highest BCUT2D eigenvalue weighted by Gasteiger charge is 2.31. The first-order chi connectivity index (χ1) is 15.7. The van der Waals surface area contributed by atoms with Gasteiger partial charge in [-0.2, -0.15) is 13.2 Å². The summed E-state index contributed by atoms with van der Waals surface area (Å²) in [5, 5.41) is 12.6. The molecule has 0 aliphatic carbocycles. The molecule has 4 rings (SSSR count). The number of carboxylic acids is 1. The first-order valence-corrected chi connectivity index (χ1v) is 10.1. The molecule has 0 aliphatic rings. The van der Waals surface area contributed by atoms with E-state index in [9.17, 15) is 23.1 Å². The Morgan fingerprint density at radius 2 is 1.79 bits per heavy atom. The molecule has 33 heavy (non-hydrogen) atoms. The Hall–Kier alpha value is -3.94. The number of fused-ring (bicyclic) bond motifs is 1. The SMILES string of the molecule is CCNc1cccc(-c2ccc(-c3cc(C(=O)O)c4cc(C(F)(F)F)ccc4n3)cc2F)c1. The number of aromatic nitrogens is 1. The molecule has 0 aliphatic heterocycles. The third kappa shape index (κ3) is 4.50. The van der Waals surface area contributed by atoms with Gasteiger partial charge >= 0.3 is 12.1 Å². The summed E-state index contributed by atoms with van der Waals surface area (Å²) in [5.74, 6) is -1.94. The van der Waals surface area contributed by atoms with Gasteiger partial charge in [0.25, 0.3) is 0 Å². The van der Waals surface area contributed by atoms with Crippen molar-refractivity contribution in [2.45, 2.75) is 13.1 Å². The molecule has 8 heteroatoms. The van der Waals surface area contributed by atoms with Crippen molar-refractivity contribution in [2.24, 2.45) is 0 Å². The van der Waals surface area contributed by atoms with Crippen LogP contribution in [0.2, 0.25) is 0 Å². The van der Waals surface area contributed by atoms with Gasteiger partial charge < -0.3 is 10.4 Å². The third-order valence-electron chi connectivity index (χ3n) is 5.19. The molecule has 0 fully saturated rings. The van der Waals surface area contributed by atoms with Crippen molar-refractivity contribution >= 4 is 22.6 Å². The highest BCUT2D eigenvalue weighted by atomic mass is 19.4. The molecule has 4 aromatic rings. The molecular formula is C25H18F4N2O2. The standard InChI is InChI=1S/C25H18F4N2O2/c1-2-30-17-5-3-4-14(10-17)18-8-6-15(11-21(18)26)23-13-20(24(32)33)19-12-16(25(27,28)29)7-9-22(19)31-23/h3-13,30H,2H2,1H3,(H,32,33). The zero-order valence-corrected chi connectivity index (χ0v) is 17.4. The topological polar surface area (TPSA) is 62.2 Å². The number of nitrogens with one attached hydrogen (secondary N) is 1. The minimum absolute atomic E-state index is 0.0701. The van der Waals surface area contributed by atoms with Crippen LogP contribution in [0.1, 0.15) is 22.8 Å². The van der Waals surface area contributed by atoms with Crippen LogP contribution < -0.4 is 5.32 Å². The van der Waals surface area contributed by atoms with E-state index in [0.29, 0.717) is 16.7 Å². The second kappa shape index (κ2) is 8.54. The summed E-state index contributed by atoms with van der Waals surface area (Å²) in [6.07, 6.45) is -4.62. The van der Waals surface area contributed by atoms with Gasteiger partial charge in [-0.25, -0.2) is 14.2 Å². The van der Waals surface area contributed by atoms with Crippen LogP contribution in [0.3, 0.4) is 0 Å². The number of aromatic carboxylic acids is 1. The normalized spacial score (nSPS) is 11.5. The number of pyridine rings is 1. The Balaban J connectivity index is 1.80. The van der Waals surface area contributed by atoms with Gasteiger partial charge in [-0.3, -0.25) is 0 Å². The molecule has 0 saturated carbocycles. The molecule has 0 spiro atoms. The summed E-state index contributed by atoms with van der Waals surface area (Å²) in [6.45, 7) is 2.67. The molecule has 0 unspecified atom stereocenters. The van der Waals surface area contributed by atoms with E-state index in [0.717, 1.165) is 36.5 Å². The Labute approximate surface area is 186 Å². The summed E-state index contributed by atoms with van der Waals surface area (Å²) >= 11 is 0. The lowest BCUT2D eigenvalue weighted by molar-refractivity contribution is -0.137. The van der Waals surface area contributed by atoms with E-state index in [1.165, 1.54) is 6.07 Å². The summed E-state index contributed by atoms with van der Waals surface area (Å²) in [6, 6.07) is 15.5. The number of alkyl halides is 3. The van der Waals surface area contributed by atoms with Gasteiger partial charge in [-0.15, -0.1) is 0 Å². The first kappa shape index (κ1) is 22.3. The lowest BCUT2D eigenvalue weighted by Crippen LogP contribution is -2.06. The zero-order chi connectivity index (χ0) is 23.8. The molecule has 0 radical (unpaired) electrons. The predicted octanol–water partition coefficient (Wildman–Crippen LogP) is 6.86. The number of nitrogens with zero attached hydrogens (tertiary/aromatic N) is 1. The highest BCUT2D eigenvalue weighted by molar-refractivity contribution is 6.04. The van der Waals surface area contributed by atoms with Crippen LogP contribution in [0.4, 0.5) is 23.2 Å². The summed E-state index contributed by atoms with van der Waals surface area (Å²) in [5.41, 5.74) is 1.07. The molecule has 0 saturated heterocycles. The number of hydrogen-bond donors (Lipinski definition) is 2. The quantitative estimate of drug-likeness (QED) is 0.324. The fraction of sp³-hybridized carbons (Fsp3) is 0.120. The molecule has 0 bridgehead atoms. The highest BCUT2D eigenvalue weighted by Crippen LogP contribution is 2.34. The van der Waals surface area contributed by atoms with E-state index in [1.807, 2.05) is 19.1 Å². The molecule has 4 nitrogen and oxygen atoms in total. The first-order valence-electron chi connectivity index (χ1n) is 10.1.